The molecule has 1 amide bonds. The molecule has 0 aliphatic carbocycles. The van der Waals surface area contributed by atoms with Crippen molar-refractivity contribution >= 4 is 44.5 Å². The fraction of sp³-hybridized carbons (Fsp3) is 0.526. The number of fused-ring (bicyclic) bond motifs is 3. The molecule has 10 heteroatoms. The van der Waals surface area contributed by atoms with Crippen molar-refractivity contribution in [3.05, 3.63) is 23.8 Å². The number of hydrogen-bond donors (Lipinski definition) is 0. The number of amides is 1. The molecule has 3 aliphatic rings. The highest BCUT2D eigenvalue weighted by Gasteiger charge is 2.34. The highest BCUT2D eigenvalue weighted by atomic mass is 32.2. The number of sulfonamides is 1. The monoisotopic (exact) mass is 437 g/mol. The Morgan fingerprint density at radius 2 is 1.86 bits per heavy atom. The van der Waals surface area contributed by atoms with Gasteiger partial charge >= 0.3 is 5.97 Å². The Bertz CT molecular complexity index is 968. The van der Waals surface area contributed by atoms with Crippen LogP contribution in [0.2, 0.25) is 0 Å². The Morgan fingerprint density at radius 1 is 1.14 bits per heavy atom. The van der Waals surface area contributed by atoms with Crippen molar-refractivity contribution in [2.24, 2.45) is 4.40 Å². The summed E-state index contributed by atoms with van der Waals surface area (Å²) in [7, 11) is -3.43. The molecular weight excluding hydrogens is 414 g/mol. The second-order valence-corrected chi connectivity index (χ2v) is 10.1. The topological polar surface area (TPSA) is 96.3 Å². The minimum absolute atomic E-state index is 0.0313. The lowest BCUT2D eigenvalue weighted by molar-refractivity contribution is -0.139. The molecule has 1 saturated heterocycles. The first kappa shape index (κ1) is 20.2. The summed E-state index contributed by atoms with van der Waals surface area (Å²) in [5.41, 5.74) is 1.16. The number of likely N-dealkylation sites (tertiary alicyclic amines) is 1. The van der Waals surface area contributed by atoms with Crippen LogP contribution >= 0.6 is 11.8 Å². The Hall–Kier alpha value is -2.07. The van der Waals surface area contributed by atoms with Crippen molar-refractivity contribution in [3.8, 4) is 0 Å². The molecule has 8 nitrogen and oxygen atoms in total. The first-order valence-corrected chi connectivity index (χ1v) is 12.2. The van der Waals surface area contributed by atoms with Crippen molar-refractivity contribution in [3.63, 3.8) is 0 Å². The van der Waals surface area contributed by atoms with Gasteiger partial charge in [-0.1, -0.05) is 12.8 Å². The summed E-state index contributed by atoms with van der Waals surface area (Å²) in [5, 5.41) is 0.404. The minimum Gasteiger partial charge on any atom is -0.449 e. The van der Waals surface area contributed by atoms with Crippen molar-refractivity contribution < 1.29 is 22.7 Å². The van der Waals surface area contributed by atoms with E-state index in [-0.39, 0.29) is 11.7 Å². The normalized spacial score (nSPS) is 21.5. The van der Waals surface area contributed by atoms with Crippen LogP contribution in [0, 0.1) is 0 Å². The Balaban J connectivity index is 1.45. The summed E-state index contributed by atoms with van der Waals surface area (Å²) in [6.45, 7) is 3.35. The number of hydrogen-bond acceptors (Lipinski definition) is 7. The number of carbonyl (C=O) groups excluding carboxylic acids is 2. The summed E-state index contributed by atoms with van der Waals surface area (Å²) < 4.78 is 32.7. The zero-order chi connectivity index (χ0) is 20.6. The van der Waals surface area contributed by atoms with E-state index in [0.29, 0.717) is 30.4 Å². The number of ether oxygens (including phenoxy) is 1. The third-order valence-electron chi connectivity index (χ3n) is 5.26. The molecule has 1 aromatic carbocycles. The summed E-state index contributed by atoms with van der Waals surface area (Å²) in [5.74, 6) is -0.757. The number of rotatable bonds is 3. The van der Waals surface area contributed by atoms with Gasteiger partial charge in [-0.3, -0.25) is 4.79 Å². The number of esters is 1. The smallest absolute Gasteiger partial charge is 0.338 e. The lowest BCUT2D eigenvalue weighted by Gasteiger charge is -2.24. The Labute approximate surface area is 174 Å². The number of carbonyl (C=O) groups is 2. The highest BCUT2D eigenvalue weighted by molar-refractivity contribution is 8.15. The van der Waals surface area contributed by atoms with E-state index in [4.69, 9.17) is 4.74 Å². The van der Waals surface area contributed by atoms with Gasteiger partial charge in [0.25, 0.3) is 15.9 Å². The maximum absolute atomic E-state index is 12.6. The molecule has 0 aromatic heterocycles. The second-order valence-electron chi connectivity index (χ2n) is 7.38. The average molecular weight is 438 g/mol. The largest absolute Gasteiger partial charge is 0.449 e. The van der Waals surface area contributed by atoms with E-state index in [0.717, 1.165) is 36.3 Å². The first-order valence-electron chi connectivity index (χ1n) is 9.76. The second kappa shape index (κ2) is 7.98. The fourth-order valence-corrected chi connectivity index (χ4v) is 5.98. The molecule has 1 atom stereocenters. The molecule has 156 valence electrons. The lowest BCUT2D eigenvalue weighted by Crippen LogP contribution is -2.40. The Kier molecular flexibility index (Phi) is 5.56. The predicted octanol–water partition coefficient (Wildman–Crippen LogP) is 2.25. The molecule has 0 bridgehead atoms. The predicted molar refractivity (Wildman–Crippen MR) is 111 cm³/mol. The summed E-state index contributed by atoms with van der Waals surface area (Å²) in [6, 6.07) is 5.07. The van der Waals surface area contributed by atoms with Gasteiger partial charge in [0.15, 0.2) is 11.3 Å². The van der Waals surface area contributed by atoms with Crippen LogP contribution in [0.5, 0.6) is 0 Å². The van der Waals surface area contributed by atoms with Crippen LogP contribution in [0.4, 0.5) is 5.69 Å². The first-order chi connectivity index (χ1) is 13.8. The van der Waals surface area contributed by atoms with Gasteiger partial charge in [-0.05, 0) is 49.7 Å². The Morgan fingerprint density at radius 3 is 2.59 bits per heavy atom. The molecule has 1 fully saturated rings. The van der Waals surface area contributed by atoms with Crippen molar-refractivity contribution in [2.45, 2.75) is 43.6 Å². The molecule has 0 spiro atoms. The number of amidine groups is 1. The number of nitrogens with zero attached hydrogens (tertiary/aromatic N) is 3. The van der Waals surface area contributed by atoms with Gasteiger partial charge in [0.05, 0.1) is 17.0 Å². The van der Waals surface area contributed by atoms with Gasteiger partial charge in [0.1, 0.15) is 0 Å². The summed E-state index contributed by atoms with van der Waals surface area (Å²) in [4.78, 5) is 29.6. The molecule has 0 radical (unpaired) electrons. The molecule has 29 heavy (non-hydrogen) atoms. The van der Waals surface area contributed by atoms with Crippen LogP contribution in [0.1, 0.15) is 43.0 Å². The van der Waals surface area contributed by atoms with E-state index in [1.54, 1.807) is 30.0 Å². The molecule has 0 saturated carbocycles. The van der Waals surface area contributed by atoms with Crippen molar-refractivity contribution in [1.29, 1.82) is 0 Å². The highest BCUT2D eigenvalue weighted by Crippen LogP contribution is 2.42. The van der Waals surface area contributed by atoms with Crippen molar-refractivity contribution in [1.82, 2.24) is 4.90 Å². The van der Waals surface area contributed by atoms with E-state index in [1.807, 2.05) is 4.90 Å². The van der Waals surface area contributed by atoms with Gasteiger partial charge in [-0.15, -0.1) is 4.40 Å². The van der Waals surface area contributed by atoms with Crippen LogP contribution < -0.4 is 4.90 Å². The van der Waals surface area contributed by atoms with E-state index >= 15 is 0 Å². The zero-order valence-electron chi connectivity index (χ0n) is 16.2. The third-order valence-corrected chi connectivity index (χ3v) is 7.56. The zero-order valence-corrected chi connectivity index (χ0v) is 17.8. The van der Waals surface area contributed by atoms with Gasteiger partial charge in [0, 0.05) is 24.5 Å². The molecule has 3 heterocycles. The molecule has 1 aromatic rings. The van der Waals surface area contributed by atoms with Crippen LogP contribution in [0.15, 0.2) is 27.5 Å². The molecule has 4 rings (SSSR count). The van der Waals surface area contributed by atoms with Gasteiger partial charge in [0.2, 0.25) is 0 Å². The summed E-state index contributed by atoms with van der Waals surface area (Å²) >= 11 is 1.22. The molecule has 0 N–H and O–H groups in total. The van der Waals surface area contributed by atoms with Gasteiger partial charge in [-0.2, -0.15) is 0 Å². The van der Waals surface area contributed by atoms with Crippen LogP contribution in [0.25, 0.3) is 0 Å². The maximum atomic E-state index is 12.6. The van der Waals surface area contributed by atoms with Crippen LogP contribution in [0.3, 0.4) is 0 Å². The van der Waals surface area contributed by atoms with Crippen LogP contribution in [-0.4, -0.2) is 61.9 Å². The standard InChI is InChI=1S/C19H23N3O5S2/c1-13(17(23)21-8-4-2-3-5-9-21)27-18(24)14-6-7-15-16(12-14)28-19-20-29(25,26)11-10-22(15)19/h6-7,12-13H,2-5,8-11H2,1H3/t13-/m1/s1. The van der Waals surface area contributed by atoms with Crippen molar-refractivity contribution in [2.75, 3.05) is 30.3 Å². The summed E-state index contributed by atoms with van der Waals surface area (Å²) in [6.07, 6.45) is 3.35. The fourth-order valence-electron chi connectivity index (χ4n) is 3.68. The minimum atomic E-state index is -3.43. The quantitative estimate of drug-likeness (QED) is 0.669. The van der Waals surface area contributed by atoms with Gasteiger partial charge < -0.3 is 14.5 Å². The molecular formula is C19H23N3O5S2. The third kappa shape index (κ3) is 4.28. The average Bonchev–Trinajstić information content (AvgIpc) is 2.84. The maximum Gasteiger partial charge on any atom is 0.338 e. The van der Waals surface area contributed by atoms with E-state index in [9.17, 15) is 18.0 Å². The van der Waals surface area contributed by atoms with E-state index in [2.05, 4.69) is 4.40 Å². The molecule has 3 aliphatic heterocycles. The lowest BCUT2D eigenvalue weighted by atomic mass is 10.2. The SMILES string of the molecule is C[C@@H](OC(=O)c1ccc2c(c1)SC1=NS(=O)(=O)CCN12)C(=O)N1CCCCCC1. The van der Waals surface area contributed by atoms with E-state index in [1.165, 1.54) is 11.8 Å². The van der Waals surface area contributed by atoms with Crippen LogP contribution in [-0.2, 0) is 19.6 Å². The number of benzene rings is 1. The van der Waals surface area contributed by atoms with E-state index < -0.39 is 22.1 Å². The number of thioether (sulfide) groups is 1. The van der Waals surface area contributed by atoms with Gasteiger partial charge in [-0.25, -0.2) is 13.2 Å². The number of anilines is 1. The molecule has 0 unspecified atom stereocenters.